The van der Waals surface area contributed by atoms with Gasteiger partial charge in [-0.25, -0.2) is 0 Å². The molecule has 1 aliphatic carbocycles. The van der Waals surface area contributed by atoms with E-state index >= 15 is 0 Å². The van der Waals surface area contributed by atoms with Gasteiger partial charge in [0.1, 0.15) is 5.82 Å². The molecule has 0 spiro atoms. The van der Waals surface area contributed by atoms with E-state index in [1.807, 2.05) is 6.92 Å². The summed E-state index contributed by atoms with van der Waals surface area (Å²) in [6, 6.07) is 4.78. The van der Waals surface area contributed by atoms with E-state index in [4.69, 9.17) is 4.52 Å². The van der Waals surface area contributed by atoms with Gasteiger partial charge in [-0.2, -0.15) is 4.98 Å². The number of aryl methyl sites for hydroxylation is 1. The lowest BCUT2D eigenvalue weighted by Gasteiger charge is -2.07. The van der Waals surface area contributed by atoms with E-state index in [9.17, 15) is 0 Å². The van der Waals surface area contributed by atoms with Gasteiger partial charge < -0.3 is 9.09 Å². The van der Waals surface area contributed by atoms with Crippen LogP contribution in [0.25, 0.3) is 0 Å². The molecule has 3 aromatic rings. The predicted octanol–water partition coefficient (Wildman–Crippen LogP) is 3.50. The summed E-state index contributed by atoms with van der Waals surface area (Å²) in [6.07, 6.45) is 4.06. The molecule has 23 heavy (non-hydrogen) atoms. The summed E-state index contributed by atoms with van der Waals surface area (Å²) >= 11 is 3.38. The molecule has 6 nitrogen and oxygen atoms in total. The predicted molar refractivity (Wildman–Crippen MR) is 88.7 cm³/mol. The fourth-order valence-corrected chi connectivity index (χ4v) is 3.98. The second-order valence-electron chi connectivity index (χ2n) is 5.50. The van der Waals surface area contributed by atoms with E-state index in [1.165, 1.54) is 17.7 Å². The monoisotopic (exact) mass is 347 g/mol. The first-order chi connectivity index (χ1) is 11.3. The van der Waals surface area contributed by atoms with Gasteiger partial charge in [-0.3, -0.25) is 0 Å². The molecule has 1 aliphatic rings. The Balaban J connectivity index is 1.50. The average Bonchev–Trinajstić information content (AvgIpc) is 2.99. The van der Waals surface area contributed by atoms with Gasteiger partial charge in [-0.1, -0.05) is 29.9 Å². The number of hydrogen-bond acceptors (Lipinski definition) is 7. The van der Waals surface area contributed by atoms with E-state index in [-0.39, 0.29) is 0 Å². The highest BCUT2D eigenvalue weighted by molar-refractivity contribution is 7.98. The maximum Gasteiger partial charge on any atom is 0.237 e. The molecule has 1 saturated carbocycles. The van der Waals surface area contributed by atoms with Crippen molar-refractivity contribution in [3.05, 3.63) is 39.9 Å². The minimum absolute atomic E-state index is 0.552. The van der Waals surface area contributed by atoms with Gasteiger partial charge in [0.15, 0.2) is 11.0 Å². The maximum absolute atomic E-state index is 5.25. The number of thioether (sulfide) groups is 1. The topological polar surface area (TPSA) is 69.6 Å². The Morgan fingerprint density at radius 3 is 3.00 bits per heavy atom. The molecular formula is C15H17N5OS2. The quantitative estimate of drug-likeness (QED) is 0.609. The van der Waals surface area contributed by atoms with E-state index in [0.717, 1.165) is 29.6 Å². The molecule has 0 radical (unpaired) electrons. The Morgan fingerprint density at radius 1 is 1.39 bits per heavy atom. The Morgan fingerprint density at radius 2 is 2.30 bits per heavy atom. The second kappa shape index (κ2) is 6.45. The average molecular weight is 347 g/mol. The molecule has 3 aromatic heterocycles. The fourth-order valence-electron chi connectivity index (χ4n) is 2.41. The number of rotatable bonds is 7. The first kappa shape index (κ1) is 14.9. The van der Waals surface area contributed by atoms with Crippen LogP contribution in [-0.4, -0.2) is 24.9 Å². The molecule has 0 amide bonds. The molecular weight excluding hydrogens is 330 g/mol. The van der Waals surface area contributed by atoms with Gasteiger partial charge >= 0.3 is 0 Å². The summed E-state index contributed by atoms with van der Waals surface area (Å²) in [6.45, 7) is 2.02. The van der Waals surface area contributed by atoms with E-state index < -0.39 is 0 Å². The minimum atomic E-state index is 0.552. The van der Waals surface area contributed by atoms with Crippen LogP contribution in [0, 0.1) is 0 Å². The third-order valence-electron chi connectivity index (χ3n) is 3.71. The van der Waals surface area contributed by atoms with Gasteiger partial charge in [0.25, 0.3) is 0 Å². The normalized spacial score (nSPS) is 14.5. The molecule has 0 aromatic carbocycles. The molecule has 0 unspecified atom stereocenters. The minimum Gasteiger partial charge on any atom is -0.338 e. The number of aromatic nitrogens is 5. The summed E-state index contributed by atoms with van der Waals surface area (Å²) in [5.41, 5.74) is 0. The zero-order valence-corrected chi connectivity index (χ0v) is 14.4. The fraction of sp³-hybridized carbons (Fsp3) is 0.467. The third kappa shape index (κ3) is 3.32. The number of nitrogens with zero attached hydrogens (tertiary/aromatic N) is 5. The highest BCUT2D eigenvalue weighted by Gasteiger charge is 2.29. The maximum atomic E-state index is 5.25. The molecule has 3 heterocycles. The molecule has 4 rings (SSSR count). The van der Waals surface area contributed by atoms with Gasteiger partial charge in [-0.15, -0.1) is 21.5 Å². The zero-order valence-electron chi connectivity index (χ0n) is 12.8. The van der Waals surface area contributed by atoms with Gasteiger partial charge in [0, 0.05) is 23.8 Å². The summed E-state index contributed by atoms with van der Waals surface area (Å²) in [4.78, 5) is 5.67. The van der Waals surface area contributed by atoms with Crippen molar-refractivity contribution < 1.29 is 4.52 Å². The Labute approximate surface area is 142 Å². The Hall–Kier alpha value is -1.67. The molecule has 120 valence electrons. The lowest BCUT2D eigenvalue weighted by atomic mass is 10.3. The molecule has 0 N–H and O–H groups in total. The Kier molecular flexibility index (Phi) is 4.17. The van der Waals surface area contributed by atoms with Gasteiger partial charge in [0.05, 0.1) is 5.75 Å². The van der Waals surface area contributed by atoms with Crippen LogP contribution in [0.5, 0.6) is 0 Å². The first-order valence-corrected chi connectivity index (χ1v) is 9.60. The third-order valence-corrected chi connectivity index (χ3v) is 5.51. The van der Waals surface area contributed by atoms with E-state index in [2.05, 4.69) is 42.4 Å². The van der Waals surface area contributed by atoms with Gasteiger partial charge in [-0.05, 0) is 24.3 Å². The lowest BCUT2D eigenvalue weighted by Crippen LogP contribution is -2.03. The van der Waals surface area contributed by atoms with Crippen molar-refractivity contribution in [1.82, 2.24) is 24.9 Å². The van der Waals surface area contributed by atoms with Crippen molar-refractivity contribution >= 4 is 23.1 Å². The molecule has 0 atom stereocenters. The van der Waals surface area contributed by atoms with Crippen molar-refractivity contribution in [2.45, 2.75) is 49.6 Å². The van der Waals surface area contributed by atoms with Crippen molar-refractivity contribution in [1.29, 1.82) is 0 Å². The van der Waals surface area contributed by atoms with Crippen LogP contribution in [0.4, 0.5) is 0 Å². The second-order valence-corrected chi connectivity index (χ2v) is 7.48. The summed E-state index contributed by atoms with van der Waals surface area (Å²) in [7, 11) is 0. The molecule has 1 fully saturated rings. The smallest absolute Gasteiger partial charge is 0.237 e. The number of hydrogen-bond donors (Lipinski definition) is 0. The molecule has 8 heteroatoms. The standard InChI is InChI=1S/C15H17N5OS2/c1-2-12-16-14(21-19-12)9-23-15-18-17-13(20(15)10-5-6-10)8-11-4-3-7-22-11/h3-4,7,10H,2,5-6,8-9H2,1H3. The van der Waals surface area contributed by atoms with Crippen LogP contribution >= 0.6 is 23.1 Å². The largest absolute Gasteiger partial charge is 0.338 e. The SMILES string of the molecule is CCc1noc(CSc2nnc(Cc3cccs3)n2C2CC2)n1. The summed E-state index contributed by atoms with van der Waals surface area (Å²) in [5, 5.41) is 15.8. The molecule has 0 saturated heterocycles. The van der Waals surface area contributed by atoms with Crippen LogP contribution in [0.15, 0.2) is 27.2 Å². The first-order valence-electron chi connectivity index (χ1n) is 7.74. The Bertz CT molecular complexity index is 776. The summed E-state index contributed by atoms with van der Waals surface area (Å²) < 4.78 is 7.54. The van der Waals surface area contributed by atoms with Crippen LogP contribution in [0.2, 0.25) is 0 Å². The van der Waals surface area contributed by atoms with Crippen LogP contribution < -0.4 is 0 Å². The molecule has 0 bridgehead atoms. The summed E-state index contributed by atoms with van der Waals surface area (Å²) in [5.74, 6) is 3.09. The zero-order chi connectivity index (χ0) is 15.6. The van der Waals surface area contributed by atoms with Crippen LogP contribution in [0.1, 0.15) is 48.2 Å². The number of thiophene rings is 1. The molecule has 0 aliphatic heterocycles. The van der Waals surface area contributed by atoms with Crippen molar-refractivity contribution in [2.75, 3.05) is 0 Å². The van der Waals surface area contributed by atoms with Crippen molar-refractivity contribution in [3.63, 3.8) is 0 Å². The van der Waals surface area contributed by atoms with Crippen molar-refractivity contribution in [2.24, 2.45) is 0 Å². The van der Waals surface area contributed by atoms with Gasteiger partial charge in [0.2, 0.25) is 5.89 Å². The van der Waals surface area contributed by atoms with E-state index in [0.29, 0.717) is 17.7 Å². The van der Waals surface area contributed by atoms with E-state index in [1.54, 1.807) is 23.1 Å². The highest BCUT2D eigenvalue weighted by Crippen LogP contribution is 2.39. The van der Waals surface area contributed by atoms with Crippen LogP contribution in [-0.2, 0) is 18.6 Å². The lowest BCUT2D eigenvalue weighted by molar-refractivity contribution is 0.385. The van der Waals surface area contributed by atoms with Crippen molar-refractivity contribution in [3.8, 4) is 0 Å². The van der Waals surface area contributed by atoms with Crippen LogP contribution in [0.3, 0.4) is 0 Å². The highest BCUT2D eigenvalue weighted by atomic mass is 32.2.